The summed E-state index contributed by atoms with van der Waals surface area (Å²) >= 11 is 0. The van der Waals surface area contributed by atoms with E-state index in [0.29, 0.717) is 0 Å². The van der Waals surface area contributed by atoms with Gasteiger partial charge in [-0.25, -0.2) is 0 Å². The second kappa shape index (κ2) is 10.2. The predicted octanol–water partition coefficient (Wildman–Crippen LogP) is 4.22. The predicted molar refractivity (Wildman–Crippen MR) is 119 cm³/mol. The Hall–Kier alpha value is 0.354. The zero-order valence-electron chi connectivity index (χ0n) is 17.3. The molecule has 0 aromatic rings. The highest BCUT2D eigenvalue weighted by atomic mass is 29.2. The molecule has 0 aliphatic heterocycles. The van der Waals surface area contributed by atoms with Crippen molar-refractivity contribution in [2.45, 2.75) is 140 Å². The Morgan fingerprint density at radius 1 is 0.346 bits per heavy atom. The fourth-order valence-electron chi connectivity index (χ4n) is 6.85. The van der Waals surface area contributed by atoms with Gasteiger partial charge in [-0.3, -0.25) is 0 Å². The van der Waals surface area contributed by atoms with Gasteiger partial charge in [0.25, 0.3) is 0 Å². The molecule has 4 rings (SSSR count). The summed E-state index contributed by atoms with van der Waals surface area (Å²) in [7, 11) is 0.0462. The van der Waals surface area contributed by atoms with E-state index in [4.69, 9.17) is 0 Å². The fourth-order valence-corrected chi connectivity index (χ4v) is 16.0. The van der Waals surface area contributed by atoms with Crippen LogP contribution in [0.5, 0.6) is 0 Å². The largest absolute Gasteiger partial charge is 0.325 e. The van der Waals surface area contributed by atoms with Gasteiger partial charge < -0.3 is 9.13 Å². The molecule has 0 atom stereocenters. The summed E-state index contributed by atoms with van der Waals surface area (Å²) in [5.74, 6) is 0. The van der Waals surface area contributed by atoms with Crippen molar-refractivity contribution in [2.75, 3.05) is 0 Å². The number of hydrogen-bond donors (Lipinski definition) is 0. The quantitative estimate of drug-likeness (QED) is 0.598. The van der Waals surface area contributed by atoms with E-state index >= 15 is 0 Å². The van der Waals surface area contributed by atoms with E-state index in [9.17, 15) is 0 Å². The molecule has 0 aromatic heterocycles. The molecule has 4 fully saturated rings. The summed E-state index contributed by atoms with van der Waals surface area (Å²) in [4.78, 5) is 0. The highest BCUT2D eigenvalue weighted by Gasteiger charge is 2.33. The molecular weight excluding hydrogens is 348 g/mol. The molecule has 26 heavy (non-hydrogen) atoms. The second-order valence-corrected chi connectivity index (χ2v) is 15.0. The van der Waals surface area contributed by atoms with E-state index in [2.05, 4.69) is 9.13 Å². The minimum Gasteiger partial charge on any atom is -0.325 e. The molecule has 0 aromatic carbocycles. The van der Waals surface area contributed by atoms with Crippen LogP contribution >= 0.6 is 0 Å². The molecule has 4 aliphatic carbocycles. The van der Waals surface area contributed by atoms with Crippen molar-refractivity contribution in [1.29, 1.82) is 0 Å². The van der Waals surface area contributed by atoms with Crippen LogP contribution < -0.4 is 0 Å². The Bertz CT molecular complexity index is 357. The Labute approximate surface area is 167 Å². The Balaban J connectivity index is 1.40. The van der Waals surface area contributed by atoms with Crippen LogP contribution in [0.15, 0.2) is 0 Å². The lowest BCUT2D eigenvalue weighted by Gasteiger charge is -2.43. The average Bonchev–Trinajstić information content (AvgIpc) is 3.41. The molecule has 0 N–H and O–H groups in total. The molecule has 0 heterocycles. The van der Waals surface area contributed by atoms with Gasteiger partial charge in [-0.05, 0) is 51.4 Å². The molecule has 0 unspecified atom stereocenters. The molecule has 2 nitrogen and oxygen atoms in total. The summed E-state index contributed by atoms with van der Waals surface area (Å²) in [6.07, 6.45) is 27.6. The van der Waals surface area contributed by atoms with E-state index < -0.39 is 0 Å². The normalized spacial score (nSPS) is 28.8. The summed E-state index contributed by atoms with van der Waals surface area (Å²) in [5.41, 5.74) is 0. The molecule has 0 spiro atoms. The van der Waals surface area contributed by atoms with Gasteiger partial charge in [0, 0.05) is 24.2 Å². The van der Waals surface area contributed by atoms with Gasteiger partial charge in [-0.2, -0.15) is 0 Å². The number of rotatable bonds is 7. The van der Waals surface area contributed by atoms with Gasteiger partial charge in [0.2, 0.25) is 0 Å². The second-order valence-electron chi connectivity index (χ2n) is 9.94. The average molecular weight is 393 g/mol. The molecular formula is C22H44N2Si2. The van der Waals surface area contributed by atoms with Crippen LogP contribution in [0, 0.1) is 0 Å². The highest BCUT2D eigenvalue weighted by molar-refractivity contribution is 6.97. The van der Waals surface area contributed by atoms with Crippen LogP contribution in [0.1, 0.15) is 116 Å². The summed E-state index contributed by atoms with van der Waals surface area (Å²) < 4.78 is 6.48. The Kier molecular flexibility index (Phi) is 7.73. The van der Waals surface area contributed by atoms with Gasteiger partial charge in [0.05, 0.1) is 18.4 Å². The van der Waals surface area contributed by atoms with E-state index in [0.717, 1.165) is 24.2 Å². The minimum absolute atomic E-state index is 0.0231. The smallest absolute Gasteiger partial charge is 0.0975 e. The Morgan fingerprint density at radius 2 is 0.577 bits per heavy atom. The minimum atomic E-state index is 0.0231. The van der Waals surface area contributed by atoms with Crippen molar-refractivity contribution in [3.63, 3.8) is 0 Å². The fraction of sp³-hybridized carbons (Fsp3) is 1.00. The van der Waals surface area contributed by atoms with Crippen molar-refractivity contribution >= 4 is 18.4 Å². The monoisotopic (exact) mass is 392 g/mol. The van der Waals surface area contributed by atoms with E-state index in [1.807, 2.05) is 0 Å². The third kappa shape index (κ3) is 5.04. The van der Waals surface area contributed by atoms with Crippen molar-refractivity contribution in [2.24, 2.45) is 0 Å². The van der Waals surface area contributed by atoms with E-state index in [1.165, 1.54) is 64.2 Å². The molecule has 4 heteroatoms. The zero-order valence-corrected chi connectivity index (χ0v) is 20.2. The molecule has 0 saturated heterocycles. The lowest BCUT2D eigenvalue weighted by atomic mass is 9.94. The lowest BCUT2D eigenvalue weighted by molar-refractivity contribution is 0.197. The SMILES string of the molecule is C1CCC(N([SiH2][SiH2]N(C2CCCCC2)C2CCCC2)C2CCCC2)CC1. The Morgan fingerprint density at radius 3 is 0.846 bits per heavy atom. The van der Waals surface area contributed by atoms with Crippen LogP contribution in [-0.4, -0.2) is 51.7 Å². The van der Waals surface area contributed by atoms with Gasteiger partial charge in [0.15, 0.2) is 0 Å². The molecule has 0 bridgehead atoms. The molecule has 4 aliphatic rings. The van der Waals surface area contributed by atoms with E-state index in [1.54, 1.807) is 51.4 Å². The highest BCUT2D eigenvalue weighted by Crippen LogP contribution is 2.32. The summed E-state index contributed by atoms with van der Waals surface area (Å²) in [6.45, 7) is 0. The molecule has 4 saturated carbocycles. The topological polar surface area (TPSA) is 6.48 Å². The molecule has 0 radical (unpaired) electrons. The first-order valence-corrected chi connectivity index (χ1v) is 17.7. The maximum Gasteiger partial charge on any atom is 0.0975 e. The maximum atomic E-state index is 3.24. The van der Waals surface area contributed by atoms with Gasteiger partial charge in [0.1, 0.15) is 0 Å². The van der Waals surface area contributed by atoms with Gasteiger partial charge in [-0.15, -0.1) is 0 Å². The maximum absolute atomic E-state index is 3.24. The molecule has 150 valence electrons. The lowest BCUT2D eigenvalue weighted by Crippen LogP contribution is -2.54. The third-order valence-corrected chi connectivity index (χ3v) is 15.3. The first-order chi connectivity index (χ1) is 12.9. The van der Waals surface area contributed by atoms with Crippen molar-refractivity contribution in [3.8, 4) is 0 Å². The van der Waals surface area contributed by atoms with Gasteiger partial charge >= 0.3 is 0 Å². The third-order valence-electron chi connectivity index (χ3n) is 8.29. The van der Waals surface area contributed by atoms with Crippen LogP contribution in [0.4, 0.5) is 0 Å². The zero-order chi connectivity index (χ0) is 17.6. The summed E-state index contributed by atoms with van der Waals surface area (Å²) in [5, 5.41) is 0. The van der Waals surface area contributed by atoms with Gasteiger partial charge in [-0.1, -0.05) is 64.2 Å². The number of nitrogens with zero attached hydrogens (tertiary/aromatic N) is 2. The van der Waals surface area contributed by atoms with Crippen LogP contribution in [0.3, 0.4) is 0 Å². The van der Waals surface area contributed by atoms with Crippen LogP contribution in [0.2, 0.25) is 0 Å². The van der Waals surface area contributed by atoms with Crippen molar-refractivity contribution < 1.29 is 0 Å². The van der Waals surface area contributed by atoms with Crippen LogP contribution in [0.25, 0.3) is 0 Å². The van der Waals surface area contributed by atoms with Crippen LogP contribution in [-0.2, 0) is 0 Å². The molecule has 0 amide bonds. The van der Waals surface area contributed by atoms with E-state index in [-0.39, 0.29) is 18.4 Å². The number of hydrogen-bond acceptors (Lipinski definition) is 2. The first-order valence-electron chi connectivity index (χ1n) is 12.4. The standard InChI is InChI=1S/C22H44N2Si2/c1-3-11-19(12-4-1)23(21-15-7-8-16-21)25-26-24(22-17-9-10-18-22)20-13-5-2-6-14-20/h19-22H,1-18,25-26H2. The summed E-state index contributed by atoms with van der Waals surface area (Å²) in [6, 6.07) is 4.08. The van der Waals surface area contributed by atoms with Crippen molar-refractivity contribution in [3.05, 3.63) is 0 Å². The first kappa shape index (κ1) is 19.7. The van der Waals surface area contributed by atoms with Crippen molar-refractivity contribution in [1.82, 2.24) is 9.13 Å².